The fraction of sp³-hybridized carbons (Fsp3) is 0.136. The molecule has 1 spiro atoms. The molecule has 4 nitrogen and oxygen atoms in total. The quantitative estimate of drug-likeness (QED) is 0.534. The highest BCUT2D eigenvalue weighted by molar-refractivity contribution is 6.35. The molecule has 0 unspecified atom stereocenters. The van der Waals surface area contributed by atoms with Crippen molar-refractivity contribution in [2.75, 3.05) is 0 Å². The number of Topliss-reactive ketones (excluding diaryl/α,β-unsaturated/α-hetero) is 3. The van der Waals surface area contributed by atoms with Gasteiger partial charge in [0.05, 0.1) is 12.2 Å². The molecule has 1 fully saturated rings. The molecule has 1 heterocycles. The van der Waals surface area contributed by atoms with Crippen molar-refractivity contribution in [3.63, 3.8) is 0 Å². The molecule has 3 aromatic rings. The van der Waals surface area contributed by atoms with Gasteiger partial charge in [-0.2, -0.15) is 0 Å². The summed E-state index contributed by atoms with van der Waals surface area (Å²) >= 11 is 0. The predicted octanol–water partition coefficient (Wildman–Crippen LogP) is 3.94. The van der Waals surface area contributed by atoms with Crippen LogP contribution >= 0.6 is 0 Å². The summed E-state index contributed by atoms with van der Waals surface area (Å²) < 4.78 is 5.50. The zero-order valence-electron chi connectivity index (χ0n) is 13.7. The van der Waals surface area contributed by atoms with E-state index >= 15 is 0 Å². The third kappa shape index (κ3) is 1.71. The molecule has 4 heteroatoms. The van der Waals surface area contributed by atoms with Crippen molar-refractivity contribution in [3.05, 3.63) is 95.4 Å². The minimum Gasteiger partial charge on any atom is -0.469 e. The topological polar surface area (TPSA) is 64.3 Å². The first-order chi connectivity index (χ1) is 12.7. The van der Waals surface area contributed by atoms with Crippen LogP contribution in [0.5, 0.6) is 0 Å². The number of rotatable bonds is 3. The van der Waals surface area contributed by atoms with Crippen LogP contribution in [0.25, 0.3) is 0 Å². The number of hydrogen-bond acceptors (Lipinski definition) is 4. The summed E-state index contributed by atoms with van der Waals surface area (Å²) in [7, 11) is 0. The van der Waals surface area contributed by atoms with Crippen molar-refractivity contribution in [1.82, 2.24) is 0 Å². The Morgan fingerprint density at radius 2 is 1.42 bits per heavy atom. The average molecular weight is 342 g/mol. The molecule has 5 rings (SSSR count). The molecule has 26 heavy (non-hydrogen) atoms. The number of benzene rings is 2. The number of carbonyl (C=O) groups excluding carboxylic acids is 3. The number of ketones is 3. The molecule has 0 saturated heterocycles. The zero-order valence-corrected chi connectivity index (χ0v) is 13.7. The van der Waals surface area contributed by atoms with E-state index in [0.717, 1.165) is 0 Å². The summed E-state index contributed by atoms with van der Waals surface area (Å²) in [5.41, 5.74) is -0.0635. The Kier molecular flexibility index (Phi) is 2.95. The van der Waals surface area contributed by atoms with Gasteiger partial charge in [0, 0.05) is 22.6 Å². The number of furan rings is 1. The van der Waals surface area contributed by atoms with Gasteiger partial charge in [-0.05, 0) is 12.1 Å². The van der Waals surface area contributed by atoms with Crippen LogP contribution in [0.15, 0.2) is 77.4 Å². The first-order valence-corrected chi connectivity index (χ1v) is 8.48. The number of hydrogen-bond donors (Lipinski definition) is 0. The Hall–Kier alpha value is -3.27. The van der Waals surface area contributed by atoms with Gasteiger partial charge in [0.25, 0.3) is 0 Å². The smallest absolute Gasteiger partial charge is 0.179 e. The monoisotopic (exact) mass is 342 g/mol. The lowest BCUT2D eigenvalue weighted by atomic mass is 9.92. The Balaban J connectivity index is 1.67. The molecule has 0 N–H and O–H groups in total. The molecule has 0 aliphatic heterocycles. The van der Waals surface area contributed by atoms with E-state index in [9.17, 15) is 14.4 Å². The molecule has 0 radical (unpaired) electrons. The summed E-state index contributed by atoms with van der Waals surface area (Å²) in [5.74, 6) is -1.51. The third-order valence-electron chi connectivity index (χ3n) is 5.56. The third-order valence-corrected chi connectivity index (χ3v) is 5.56. The average Bonchev–Trinajstić information content (AvgIpc) is 2.98. The molecule has 2 aliphatic carbocycles. The zero-order chi connectivity index (χ0) is 17.9. The Labute approximate surface area is 149 Å². The van der Waals surface area contributed by atoms with Crippen LogP contribution in [0, 0.1) is 11.3 Å². The van der Waals surface area contributed by atoms with E-state index < -0.39 is 17.3 Å². The van der Waals surface area contributed by atoms with Gasteiger partial charge >= 0.3 is 0 Å². The maximum absolute atomic E-state index is 13.2. The van der Waals surface area contributed by atoms with Gasteiger partial charge in [-0.1, -0.05) is 54.6 Å². The minimum atomic E-state index is -1.37. The highest BCUT2D eigenvalue weighted by Crippen LogP contribution is 2.70. The van der Waals surface area contributed by atoms with Gasteiger partial charge < -0.3 is 4.42 Å². The van der Waals surface area contributed by atoms with Crippen LogP contribution in [0.2, 0.25) is 0 Å². The van der Waals surface area contributed by atoms with Crippen LogP contribution in [-0.4, -0.2) is 17.3 Å². The molecular weight excluding hydrogens is 328 g/mol. The molecule has 1 saturated carbocycles. The molecular formula is C22H14O4. The molecule has 2 aliphatic rings. The van der Waals surface area contributed by atoms with Crippen LogP contribution < -0.4 is 0 Å². The molecule has 2 aromatic carbocycles. The summed E-state index contributed by atoms with van der Waals surface area (Å²) in [4.78, 5) is 39.6. The number of carbonyl (C=O) groups is 3. The van der Waals surface area contributed by atoms with Crippen molar-refractivity contribution >= 4 is 17.3 Å². The van der Waals surface area contributed by atoms with Crippen molar-refractivity contribution < 1.29 is 18.8 Å². The van der Waals surface area contributed by atoms with E-state index in [0.29, 0.717) is 22.5 Å². The lowest BCUT2D eigenvalue weighted by molar-refractivity contribution is 0.0763. The maximum Gasteiger partial charge on any atom is 0.179 e. The van der Waals surface area contributed by atoms with E-state index in [1.807, 2.05) is 6.07 Å². The SMILES string of the molecule is O=C(c1ccccc1)[C@H]1[C@H](c2ccco2)C12C(=O)c1ccccc1C2=O. The number of fused-ring (bicyclic) bond motifs is 1. The van der Waals surface area contributed by atoms with Gasteiger partial charge in [-0.25, -0.2) is 0 Å². The molecule has 0 amide bonds. The fourth-order valence-electron chi connectivity index (χ4n) is 4.38. The van der Waals surface area contributed by atoms with E-state index in [2.05, 4.69) is 0 Å². The highest BCUT2D eigenvalue weighted by atomic mass is 16.3. The van der Waals surface area contributed by atoms with E-state index in [-0.39, 0.29) is 17.3 Å². The lowest BCUT2D eigenvalue weighted by Crippen LogP contribution is -2.23. The highest BCUT2D eigenvalue weighted by Gasteiger charge is 2.80. The standard InChI is InChI=1S/C22H14O4/c23-19(13-7-2-1-3-8-13)18-17(16-11-6-12-26-16)22(18)20(24)14-9-4-5-10-15(14)21(22)25/h1-12,17-18H/t17-,18+/m0/s1. The van der Waals surface area contributed by atoms with E-state index in [1.54, 1.807) is 60.7 Å². The van der Waals surface area contributed by atoms with Crippen LogP contribution in [0.1, 0.15) is 42.8 Å². The van der Waals surface area contributed by atoms with E-state index in [4.69, 9.17) is 4.42 Å². The second-order valence-electron chi connectivity index (χ2n) is 6.77. The van der Waals surface area contributed by atoms with E-state index in [1.165, 1.54) is 6.26 Å². The molecule has 1 aromatic heterocycles. The Bertz CT molecular complexity index is 1010. The molecule has 0 bridgehead atoms. The predicted molar refractivity (Wildman–Crippen MR) is 93.2 cm³/mol. The first-order valence-electron chi connectivity index (χ1n) is 8.48. The second-order valence-corrected chi connectivity index (χ2v) is 6.77. The largest absolute Gasteiger partial charge is 0.469 e. The van der Waals surface area contributed by atoms with Gasteiger partial charge in [0.15, 0.2) is 17.3 Å². The normalized spacial score (nSPS) is 22.5. The molecule has 2 atom stereocenters. The Morgan fingerprint density at radius 1 is 0.808 bits per heavy atom. The van der Waals surface area contributed by atoms with Gasteiger partial charge in [0.2, 0.25) is 0 Å². The maximum atomic E-state index is 13.2. The summed E-state index contributed by atoms with van der Waals surface area (Å²) in [6, 6.07) is 19.0. The van der Waals surface area contributed by atoms with Crippen molar-refractivity contribution in [3.8, 4) is 0 Å². The second kappa shape index (κ2) is 5.11. The van der Waals surface area contributed by atoms with Gasteiger partial charge in [0.1, 0.15) is 11.2 Å². The van der Waals surface area contributed by atoms with Crippen LogP contribution in [0.4, 0.5) is 0 Å². The first kappa shape index (κ1) is 15.0. The van der Waals surface area contributed by atoms with Crippen molar-refractivity contribution in [1.29, 1.82) is 0 Å². The minimum absolute atomic E-state index is 0.193. The van der Waals surface area contributed by atoms with Gasteiger partial charge in [-0.3, -0.25) is 14.4 Å². The van der Waals surface area contributed by atoms with Gasteiger partial charge in [-0.15, -0.1) is 0 Å². The Morgan fingerprint density at radius 3 is 2.00 bits per heavy atom. The van der Waals surface area contributed by atoms with Crippen molar-refractivity contribution in [2.24, 2.45) is 11.3 Å². The summed E-state index contributed by atoms with van der Waals surface area (Å²) in [5, 5.41) is 0. The lowest BCUT2D eigenvalue weighted by Gasteiger charge is -2.06. The van der Waals surface area contributed by atoms with Crippen molar-refractivity contribution in [2.45, 2.75) is 5.92 Å². The fourth-order valence-corrected chi connectivity index (χ4v) is 4.38. The summed E-state index contributed by atoms with van der Waals surface area (Å²) in [6.45, 7) is 0. The summed E-state index contributed by atoms with van der Waals surface area (Å²) in [6.07, 6.45) is 1.50. The molecule has 126 valence electrons. The van der Waals surface area contributed by atoms with Crippen LogP contribution in [0.3, 0.4) is 0 Å². The van der Waals surface area contributed by atoms with Crippen LogP contribution in [-0.2, 0) is 0 Å².